The van der Waals surface area contributed by atoms with Crippen molar-refractivity contribution in [1.29, 1.82) is 0 Å². The highest BCUT2D eigenvalue weighted by Gasteiger charge is 2.71. The molecule has 1 aromatic carbocycles. The lowest BCUT2D eigenvalue weighted by molar-refractivity contribution is -0.185. The zero-order chi connectivity index (χ0) is 41.1. The Bertz CT molecular complexity index is 1680. The van der Waals surface area contributed by atoms with Gasteiger partial charge in [0.05, 0.1) is 18.8 Å². The number of hydrogen-bond donors (Lipinski definition) is 0. The van der Waals surface area contributed by atoms with Gasteiger partial charge in [0, 0.05) is 18.1 Å². The van der Waals surface area contributed by atoms with Crippen LogP contribution in [-0.2, 0) is 38.6 Å². The molecule has 1 aromatic rings. The number of carbonyl (C=O) groups is 2. The van der Waals surface area contributed by atoms with E-state index in [-0.39, 0.29) is 53.7 Å². The smallest absolute Gasteiger partial charge is 0.349 e. The Morgan fingerprint density at radius 1 is 0.893 bits per heavy atom. The molecular formula is C44H73N2O7PSi2. The minimum Gasteiger partial charge on any atom is -0.414 e. The normalized spacial score (nSPS) is 34.2. The minimum atomic E-state index is -3.68. The molecule has 4 aliphatic carbocycles. The Kier molecular flexibility index (Phi) is 12.4. The molecule has 56 heavy (non-hydrogen) atoms. The quantitative estimate of drug-likeness (QED) is 0.111. The molecule has 0 spiro atoms. The minimum absolute atomic E-state index is 0.134. The third-order valence-corrected chi connectivity index (χ3v) is 22.6. The number of benzene rings is 1. The molecule has 0 unspecified atom stereocenters. The maximum atomic E-state index is 15.4. The van der Waals surface area contributed by atoms with Crippen molar-refractivity contribution >= 4 is 36.0 Å². The molecule has 1 heterocycles. The Morgan fingerprint density at radius 3 is 2.14 bits per heavy atom. The molecule has 0 N–H and O–H groups in total. The van der Waals surface area contributed by atoms with Crippen LogP contribution in [0, 0.1) is 28.6 Å². The molecule has 5 aliphatic rings. The molecule has 12 heteroatoms. The summed E-state index contributed by atoms with van der Waals surface area (Å²) in [7, 11) is -7.90. The van der Waals surface area contributed by atoms with E-state index in [4.69, 9.17) is 17.9 Å². The molecular weight excluding hydrogens is 756 g/mol. The van der Waals surface area contributed by atoms with Crippen molar-refractivity contribution in [3.05, 3.63) is 47.5 Å². The van der Waals surface area contributed by atoms with Crippen LogP contribution >= 0.6 is 7.60 Å². The van der Waals surface area contributed by atoms with Crippen molar-refractivity contribution in [2.24, 2.45) is 28.6 Å². The number of fused-ring (bicyclic) bond motifs is 5. The summed E-state index contributed by atoms with van der Waals surface area (Å²) < 4.78 is 40.0. The summed E-state index contributed by atoms with van der Waals surface area (Å²) in [6.07, 6.45) is 10.6. The van der Waals surface area contributed by atoms with Gasteiger partial charge in [-0.1, -0.05) is 76.6 Å². The highest BCUT2D eigenvalue weighted by Crippen LogP contribution is 2.69. The standard InChI is InChI=1S/C44H73N2O7PSi2/c1-13-50-54(49,51-14-2)31-45-30-38(47)46(29-32-18-16-15-17-19-32)39(40(45)48)44(53-55(8,9)10)27-24-37-35-21-20-33-28-34(52-56(11,12)41(3,4)5)22-25-42(33,6)36(35)23-26-43(37,44)7/h15-20,34-37,39H,13-14,21-31H2,1-12H3/t34-,35+,36-,37-,39+,42-,43-,44-/m0/s1. The maximum Gasteiger partial charge on any atom is 0.349 e. The van der Waals surface area contributed by atoms with Crippen molar-refractivity contribution in [1.82, 2.24) is 9.80 Å². The molecule has 4 fully saturated rings. The highest BCUT2D eigenvalue weighted by atomic mass is 31.2. The second-order valence-corrected chi connectivity index (χ2v) is 31.8. The predicted octanol–water partition coefficient (Wildman–Crippen LogP) is 10.4. The summed E-state index contributed by atoms with van der Waals surface area (Å²) in [5, 5.41) is 0.185. The largest absolute Gasteiger partial charge is 0.414 e. The molecule has 3 saturated carbocycles. The third kappa shape index (κ3) is 8.02. The van der Waals surface area contributed by atoms with E-state index in [0.29, 0.717) is 36.8 Å². The zero-order valence-corrected chi connectivity index (χ0v) is 39.6. The summed E-state index contributed by atoms with van der Waals surface area (Å²) in [6.45, 7) is 27.4. The second-order valence-electron chi connectivity index (χ2n) is 20.6. The molecule has 8 atom stereocenters. The molecule has 0 radical (unpaired) electrons. The van der Waals surface area contributed by atoms with Gasteiger partial charge >= 0.3 is 7.60 Å². The monoisotopic (exact) mass is 828 g/mol. The van der Waals surface area contributed by atoms with Crippen LogP contribution in [0.25, 0.3) is 0 Å². The summed E-state index contributed by atoms with van der Waals surface area (Å²) in [4.78, 5) is 33.3. The van der Waals surface area contributed by atoms with E-state index in [0.717, 1.165) is 50.5 Å². The van der Waals surface area contributed by atoms with Crippen LogP contribution in [0.3, 0.4) is 0 Å². The first kappa shape index (κ1) is 44.0. The molecule has 2 amide bonds. The van der Waals surface area contributed by atoms with Gasteiger partial charge in [0.25, 0.3) is 0 Å². The van der Waals surface area contributed by atoms with Crippen molar-refractivity contribution in [3.8, 4) is 0 Å². The fourth-order valence-corrected chi connectivity index (χ4v) is 16.2. The van der Waals surface area contributed by atoms with E-state index in [9.17, 15) is 9.36 Å². The van der Waals surface area contributed by atoms with Gasteiger partial charge in [0.2, 0.25) is 11.8 Å². The van der Waals surface area contributed by atoms with Gasteiger partial charge in [-0.25, -0.2) is 0 Å². The average Bonchev–Trinajstić information content (AvgIpc) is 3.38. The lowest BCUT2D eigenvalue weighted by atomic mass is 9.46. The zero-order valence-electron chi connectivity index (χ0n) is 36.7. The van der Waals surface area contributed by atoms with Gasteiger partial charge in [-0.05, 0) is 132 Å². The lowest BCUT2D eigenvalue weighted by Gasteiger charge is -2.62. The first-order valence-electron chi connectivity index (χ1n) is 21.6. The summed E-state index contributed by atoms with van der Waals surface area (Å²) in [5.41, 5.74) is 1.44. The van der Waals surface area contributed by atoms with E-state index in [2.05, 4.69) is 73.4 Å². The van der Waals surface area contributed by atoms with Gasteiger partial charge in [-0.15, -0.1) is 0 Å². The van der Waals surface area contributed by atoms with E-state index in [1.807, 2.05) is 35.2 Å². The Balaban J connectivity index is 1.38. The molecule has 1 saturated heterocycles. The van der Waals surface area contributed by atoms with Crippen LogP contribution in [0.5, 0.6) is 0 Å². The van der Waals surface area contributed by atoms with E-state index >= 15 is 4.79 Å². The summed E-state index contributed by atoms with van der Waals surface area (Å²) in [5.74, 6) is 0.993. The van der Waals surface area contributed by atoms with Crippen molar-refractivity contribution < 1.29 is 32.1 Å². The molecule has 0 bridgehead atoms. The van der Waals surface area contributed by atoms with Gasteiger partial charge in [0.1, 0.15) is 18.9 Å². The van der Waals surface area contributed by atoms with Gasteiger partial charge in [-0.3, -0.25) is 14.2 Å². The molecule has 9 nitrogen and oxygen atoms in total. The van der Waals surface area contributed by atoms with Crippen molar-refractivity contribution in [2.75, 3.05) is 26.0 Å². The Morgan fingerprint density at radius 2 is 1.54 bits per heavy atom. The maximum absolute atomic E-state index is 15.4. The predicted molar refractivity (Wildman–Crippen MR) is 229 cm³/mol. The number of nitrogens with zero attached hydrogens (tertiary/aromatic N) is 2. The number of piperazine rings is 1. The topological polar surface area (TPSA) is 94.6 Å². The van der Waals surface area contributed by atoms with Crippen LogP contribution < -0.4 is 0 Å². The third-order valence-electron chi connectivity index (χ3n) is 15.1. The van der Waals surface area contributed by atoms with E-state index < -0.39 is 35.9 Å². The fourth-order valence-electron chi connectivity index (χ4n) is 11.6. The first-order chi connectivity index (χ1) is 26.0. The fraction of sp³-hybridized carbons (Fsp3) is 0.773. The molecule has 314 valence electrons. The highest BCUT2D eigenvalue weighted by molar-refractivity contribution is 7.53. The van der Waals surface area contributed by atoms with Crippen molar-refractivity contribution in [3.63, 3.8) is 0 Å². The molecule has 1 aliphatic heterocycles. The Labute approximate surface area is 340 Å². The number of allylic oxidation sites excluding steroid dienone is 1. The van der Waals surface area contributed by atoms with Gasteiger partial charge in [0.15, 0.2) is 16.6 Å². The lowest BCUT2D eigenvalue weighted by Crippen LogP contribution is -2.73. The van der Waals surface area contributed by atoms with E-state index in [1.54, 1.807) is 19.4 Å². The second kappa shape index (κ2) is 15.8. The average molecular weight is 829 g/mol. The Hall–Kier alpha value is -1.60. The van der Waals surface area contributed by atoms with Crippen LogP contribution in [0.15, 0.2) is 42.0 Å². The van der Waals surface area contributed by atoms with Crippen molar-refractivity contribution in [2.45, 2.75) is 162 Å². The van der Waals surface area contributed by atoms with Gasteiger partial charge < -0.3 is 27.7 Å². The van der Waals surface area contributed by atoms with E-state index in [1.165, 1.54) is 4.90 Å². The SMILES string of the molecule is CCOP(=O)(CN1CC(=O)N(Cc2ccccc2)[C@@H]([C@@]2(O[Si](C)(C)C)CC[C@H]3[C@@H]4CC=C5C[C@@H](O[Si](C)(C)C(C)(C)C)CC[C@]5(C)[C@H]4CC[C@@]32C)C1=O)OCC. The summed E-state index contributed by atoms with van der Waals surface area (Å²) >= 11 is 0. The number of amides is 2. The van der Waals surface area contributed by atoms with Crippen LogP contribution in [0.1, 0.15) is 105 Å². The summed E-state index contributed by atoms with van der Waals surface area (Å²) in [6, 6.07) is 9.11. The number of rotatable bonds is 13. The van der Waals surface area contributed by atoms with Crippen LogP contribution in [-0.4, -0.2) is 82.0 Å². The van der Waals surface area contributed by atoms with Crippen LogP contribution in [0.2, 0.25) is 37.8 Å². The molecule has 6 rings (SSSR count). The number of carbonyl (C=O) groups excluding carboxylic acids is 2. The van der Waals surface area contributed by atoms with Gasteiger partial charge in [-0.2, -0.15) is 0 Å². The first-order valence-corrected chi connectivity index (χ1v) is 29.7. The van der Waals surface area contributed by atoms with Crippen LogP contribution in [0.4, 0.5) is 0 Å². The molecule has 0 aromatic heterocycles. The number of hydrogen-bond acceptors (Lipinski definition) is 7.